The number of hydrogen-bond donors (Lipinski definition) is 0. The van der Waals surface area contributed by atoms with E-state index in [1.54, 1.807) is 20.8 Å². The molecule has 0 aliphatic rings. The van der Waals surface area contributed by atoms with Crippen LogP contribution in [-0.2, 0) is 9.53 Å². The highest BCUT2D eigenvalue weighted by Crippen LogP contribution is 2.35. The largest absolute Gasteiger partial charge is 0.461 e. The monoisotopic (exact) mass is 370 g/mol. The number of hydrogen-bond acceptors (Lipinski definition) is 5. The molecule has 6 heteroatoms. The molecule has 3 aromatic rings. The fourth-order valence-corrected chi connectivity index (χ4v) is 3.91. The van der Waals surface area contributed by atoms with Crippen LogP contribution in [0.5, 0.6) is 0 Å². The molecule has 0 radical (unpaired) electrons. The summed E-state index contributed by atoms with van der Waals surface area (Å²) in [5, 5.41) is 0.558. The molecule has 0 saturated carbocycles. The van der Waals surface area contributed by atoms with E-state index in [4.69, 9.17) is 4.74 Å². The summed E-state index contributed by atoms with van der Waals surface area (Å²) in [5.41, 5.74) is 2.81. The first-order valence-corrected chi connectivity index (χ1v) is 9.39. The third kappa shape index (κ3) is 3.29. The van der Waals surface area contributed by atoms with Crippen LogP contribution < -0.4 is 5.56 Å². The molecule has 1 atom stereocenters. The van der Waals surface area contributed by atoms with Crippen molar-refractivity contribution in [3.63, 3.8) is 0 Å². The number of aromatic nitrogens is 2. The predicted octanol–water partition coefficient (Wildman–Crippen LogP) is 4.25. The van der Waals surface area contributed by atoms with Crippen LogP contribution in [-0.4, -0.2) is 21.6 Å². The lowest BCUT2D eigenvalue weighted by molar-refractivity contribution is -0.151. The molecule has 0 aliphatic heterocycles. The molecular weight excluding hydrogens is 348 g/mol. The van der Waals surface area contributed by atoms with Gasteiger partial charge in [0.05, 0.1) is 17.8 Å². The van der Waals surface area contributed by atoms with Gasteiger partial charge in [-0.3, -0.25) is 9.36 Å². The van der Waals surface area contributed by atoms with Crippen molar-refractivity contribution in [1.82, 2.24) is 9.55 Å². The average Bonchev–Trinajstić information content (AvgIpc) is 2.92. The van der Waals surface area contributed by atoms with E-state index in [0.29, 0.717) is 10.2 Å². The molecule has 0 fully saturated rings. The number of carbonyl (C=O) groups excluding carboxylic acids is 1. The SMILES string of the molecule is Cc1ccc(-c2c(C)sc3ncn(C(C)C(=O)OC(C)C)c(=O)c23)cc1. The van der Waals surface area contributed by atoms with E-state index in [-0.39, 0.29) is 11.7 Å². The first kappa shape index (κ1) is 18.3. The molecule has 136 valence electrons. The molecule has 0 saturated heterocycles. The second-order valence-corrected chi connectivity index (χ2v) is 7.90. The Morgan fingerprint density at radius 3 is 2.42 bits per heavy atom. The molecule has 2 aromatic heterocycles. The first-order chi connectivity index (χ1) is 12.3. The van der Waals surface area contributed by atoms with Gasteiger partial charge in [-0.25, -0.2) is 9.78 Å². The average molecular weight is 370 g/mol. The molecule has 0 bridgehead atoms. The number of aryl methyl sites for hydroxylation is 2. The third-order valence-electron chi connectivity index (χ3n) is 4.26. The van der Waals surface area contributed by atoms with E-state index in [9.17, 15) is 9.59 Å². The topological polar surface area (TPSA) is 61.2 Å². The van der Waals surface area contributed by atoms with Gasteiger partial charge in [0.1, 0.15) is 10.9 Å². The minimum Gasteiger partial charge on any atom is -0.461 e. The normalized spacial score (nSPS) is 12.5. The van der Waals surface area contributed by atoms with E-state index in [1.807, 2.05) is 38.1 Å². The summed E-state index contributed by atoms with van der Waals surface area (Å²) in [6.07, 6.45) is 1.20. The van der Waals surface area contributed by atoms with Crippen molar-refractivity contribution in [2.75, 3.05) is 0 Å². The van der Waals surface area contributed by atoms with E-state index in [0.717, 1.165) is 21.6 Å². The molecule has 0 spiro atoms. The van der Waals surface area contributed by atoms with Gasteiger partial charge in [-0.1, -0.05) is 29.8 Å². The van der Waals surface area contributed by atoms with Crippen LogP contribution in [0.2, 0.25) is 0 Å². The van der Waals surface area contributed by atoms with Gasteiger partial charge in [0.15, 0.2) is 0 Å². The minimum atomic E-state index is -0.729. The molecule has 0 aliphatic carbocycles. The highest BCUT2D eigenvalue weighted by molar-refractivity contribution is 7.19. The quantitative estimate of drug-likeness (QED) is 0.644. The second kappa shape index (κ2) is 7.03. The van der Waals surface area contributed by atoms with Crippen molar-refractivity contribution in [1.29, 1.82) is 0 Å². The number of fused-ring (bicyclic) bond motifs is 1. The number of ether oxygens (including phenoxy) is 1. The molecule has 5 nitrogen and oxygen atoms in total. The minimum absolute atomic E-state index is 0.219. The van der Waals surface area contributed by atoms with Gasteiger partial charge in [0.2, 0.25) is 0 Å². The van der Waals surface area contributed by atoms with Gasteiger partial charge >= 0.3 is 5.97 Å². The Morgan fingerprint density at radius 2 is 1.81 bits per heavy atom. The van der Waals surface area contributed by atoms with Crippen LogP contribution in [0.25, 0.3) is 21.3 Å². The Labute approximate surface area is 156 Å². The fraction of sp³-hybridized carbons (Fsp3) is 0.350. The van der Waals surface area contributed by atoms with Crippen LogP contribution >= 0.6 is 11.3 Å². The summed E-state index contributed by atoms with van der Waals surface area (Å²) >= 11 is 1.49. The molecule has 3 rings (SSSR count). The Hall–Kier alpha value is -2.47. The van der Waals surface area contributed by atoms with Crippen molar-refractivity contribution in [2.45, 2.75) is 46.8 Å². The lowest BCUT2D eigenvalue weighted by Gasteiger charge is -2.16. The molecule has 2 heterocycles. The fourth-order valence-electron chi connectivity index (χ4n) is 2.90. The molecule has 1 aromatic carbocycles. The van der Waals surface area contributed by atoms with Crippen molar-refractivity contribution < 1.29 is 9.53 Å². The summed E-state index contributed by atoms with van der Waals surface area (Å²) in [4.78, 5) is 31.5. The van der Waals surface area contributed by atoms with Crippen LogP contribution in [0, 0.1) is 13.8 Å². The van der Waals surface area contributed by atoms with Gasteiger partial charge < -0.3 is 4.74 Å². The van der Waals surface area contributed by atoms with E-state index in [1.165, 1.54) is 22.2 Å². The number of rotatable bonds is 4. The summed E-state index contributed by atoms with van der Waals surface area (Å²) < 4.78 is 6.60. The van der Waals surface area contributed by atoms with Crippen molar-refractivity contribution in [3.8, 4) is 11.1 Å². The lowest BCUT2D eigenvalue weighted by atomic mass is 10.0. The van der Waals surface area contributed by atoms with Gasteiger partial charge in [-0.05, 0) is 40.2 Å². The van der Waals surface area contributed by atoms with Gasteiger partial charge in [0.25, 0.3) is 5.56 Å². The Kier molecular flexibility index (Phi) is 4.96. The summed E-state index contributed by atoms with van der Waals surface area (Å²) in [7, 11) is 0. The zero-order valence-electron chi connectivity index (χ0n) is 15.6. The summed E-state index contributed by atoms with van der Waals surface area (Å²) in [5.74, 6) is -0.438. The van der Waals surface area contributed by atoms with Crippen molar-refractivity contribution in [2.24, 2.45) is 0 Å². The Morgan fingerprint density at radius 1 is 1.15 bits per heavy atom. The van der Waals surface area contributed by atoms with E-state index < -0.39 is 12.0 Å². The maximum atomic E-state index is 13.2. The van der Waals surface area contributed by atoms with Crippen LogP contribution in [0.3, 0.4) is 0 Å². The van der Waals surface area contributed by atoms with Crippen molar-refractivity contribution in [3.05, 3.63) is 51.4 Å². The zero-order chi connectivity index (χ0) is 19.0. The van der Waals surface area contributed by atoms with Gasteiger partial charge in [-0.15, -0.1) is 11.3 Å². The first-order valence-electron chi connectivity index (χ1n) is 8.57. The summed E-state index contributed by atoms with van der Waals surface area (Å²) in [6.45, 7) is 9.24. The smallest absolute Gasteiger partial charge is 0.329 e. The number of esters is 1. The molecule has 0 N–H and O–H groups in total. The van der Waals surface area contributed by atoms with E-state index in [2.05, 4.69) is 4.98 Å². The highest BCUT2D eigenvalue weighted by atomic mass is 32.1. The third-order valence-corrected chi connectivity index (χ3v) is 5.28. The van der Waals surface area contributed by atoms with Crippen LogP contribution in [0.15, 0.2) is 35.4 Å². The number of thiophene rings is 1. The van der Waals surface area contributed by atoms with Crippen molar-refractivity contribution >= 4 is 27.5 Å². The molecule has 26 heavy (non-hydrogen) atoms. The predicted molar refractivity (Wildman–Crippen MR) is 105 cm³/mol. The molecule has 0 amide bonds. The van der Waals surface area contributed by atoms with E-state index >= 15 is 0 Å². The number of benzene rings is 1. The zero-order valence-corrected chi connectivity index (χ0v) is 16.4. The summed E-state index contributed by atoms with van der Waals surface area (Å²) in [6, 6.07) is 7.34. The number of carbonyl (C=O) groups is 1. The molecular formula is C20H22N2O3S. The van der Waals surface area contributed by atoms with Crippen LogP contribution in [0.4, 0.5) is 0 Å². The maximum Gasteiger partial charge on any atom is 0.329 e. The van der Waals surface area contributed by atoms with Gasteiger partial charge in [0, 0.05) is 10.4 Å². The Bertz CT molecular complexity index is 1020. The standard InChI is InChI=1S/C20H22N2O3S/c1-11(2)25-20(24)13(4)22-10-21-18-17(19(22)23)16(14(5)26-18)15-8-6-12(3)7-9-15/h6-11,13H,1-5H3. The maximum absolute atomic E-state index is 13.2. The molecule has 1 unspecified atom stereocenters. The second-order valence-electron chi connectivity index (χ2n) is 6.70. The van der Waals surface area contributed by atoms with Gasteiger partial charge in [-0.2, -0.15) is 0 Å². The lowest BCUT2D eigenvalue weighted by Crippen LogP contribution is -2.30. The highest BCUT2D eigenvalue weighted by Gasteiger charge is 2.23. The number of nitrogens with zero attached hydrogens (tertiary/aromatic N) is 2. The van der Waals surface area contributed by atoms with Crippen LogP contribution in [0.1, 0.15) is 37.3 Å². The Balaban J connectivity index is 2.17.